The molecule has 0 saturated carbocycles. The molecule has 2 heterocycles. The van der Waals surface area contributed by atoms with Crippen molar-refractivity contribution in [2.45, 2.75) is 0 Å². The number of aromatic nitrogens is 2. The number of para-hydroxylation sites is 4. The topological polar surface area (TPSA) is 38.2 Å². The molecule has 0 unspecified atom stereocenters. The van der Waals surface area contributed by atoms with Crippen molar-refractivity contribution >= 4 is 17.3 Å². The van der Waals surface area contributed by atoms with Crippen molar-refractivity contribution in [3.8, 4) is 34.0 Å². The minimum Gasteiger partial charge on any atom is -0.453 e. The lowest BCUT2D eigenvalue weighted by Gasteiger charge is -2.31. The van der Waals surface area contributed by atoms with Crippen molar-refractivity contribution in [3.63, 3.8) is 0 Å². The van der Waals surface area contributed by atoms with Gasteiger partial charge in [-0.05, 0) is 30.3 Å². The van der Waals surface area contributed by atoms with Gasteiger partial charge in [-0.25, -0.2) is 9.97 Å². The third kappa shape index (κ3) is 3.19. The van der Waals surface area contributed by atoms with Gasteiger partial charge in [0.15, 0.2) is 11.5 Å². The highest BCUT2D eigenvalue weighted by Crippen LogP contribution is 2.49. The van der Waals surface area contributed by atoms with Crippen molar-refractivity contribution in [1.82, 2.24) is 9.97 Å². The van der Waals surface area contributed by atoms with E-state index in [4.69, 9.17) is 14.7 Å². The zero-order valence-corrected chi connectivity index (χ0v) is 17.2. The van der Waals surface area contributed by atoms with E-state index in [1.54, 1.807) is 0 Å². The van der Waals surface area contributed by atoms with E-state index in [1.165, 1.54) is 0 Å². The summed E-state index contributed by atoms with van der Waals surface area (Å²) in [6.45, 7) is 0. The molecule has 0 radical (unpaired) electrons. The van der Waals surface area contributed by atoms with Crippen LogP contribution in [0.1, 0.15) is 0 Å². The van der Waals surface area contributed by atoms with E-state index < -0.39 is 0 Å². The van der Waals surface area contributed by atoms with Gasteiger partial charge in [0.25, 0.3) is 0 Å². The molecule has 0 N–H and O–H groups in total. The van der Waals surface area contributed by atoms with Crippen LogP contribution in [-0.2, 0) is 0 Å². The van der Waals surface area contributed by atoms with Gasteiger partial charge in [-0.15, -0.1) is 0 Å². The van der Waals surface area contributed by atoms with Gasteiger partial charge in [0.1, 0.15) is 0 Å². The van der Waals surface area contributed by atoms with Crippen molar-refractivity contribution in [3.05, 3.63) is 115 Å². The fourth-order valence-corrected chi connectivity index (χ4v) is 3.97. The smallest absolute Gasteiger partial charge is 0.236 e. The van der Waals surface area contributed by atoms with E-state index in [2.05, 4.69) is 29.2 Å². The molecule has 0 aliphatic carbocycles. The number of ether oxygens (including phenoxy) is 1. The Kier molecular flexibility index (Phi) is 4.40. The molecule has 0 atom stereocenters. The van der Waals surface area contributed by atoms with Crippen LogP contribution >= 0.6 is 0 Å². The Balaban J connectivity index is 1.61. The minimum absolute atomic E-state index is 0.605. The third-order valence-electron chi connectivity index (χ3n) is 5.49. The summed E-state index contributed by atoms with van der Waals surface area (Å²) in [6.07, 6.45) is 0. The Hall–Kier alpha value is -4.44. The van der Waals surface area contributed by atoms with Crippen LogP contribution in [0.25, 0.3) is 22.5 Å². The highest BCUT2D eigenvalue weighted by atomic mass is 16.5. The molecular formula is C28H19N3O. The summed E-state index contributed by atoms with van der Waals surface area (Å²) >= 11 is 0. The lowest BCUT2D eigenvalue weighted by Crippen LogP contribution is -2.18. The average Bonchev–Trinajstić information content (AvgIpc) is 2.88. The van der Waals surface area contributed by atoms with Crippen LogP contribution in [0, 0.1) is 0 Å². The van der Waals surface area contributed by atoms with Gasteiger partial charge in [0.05, 0.1) is 22.8 Å². The fraction of sp³-hybridized carbons (Fsp3) is 0. The zero-order chi connectivity index (χ0) is 21.3. The average molecular weight is 413 g/mol. The number of anilines is 3. The molecule has 0 amide bonds. The van der Waals surface area contributed by atoms with Crippen LogP contribution in [0.15, 0.2) is 115 Å². The molecule has 5 aromatic rings. The lowest BCUT2D eigenvalue weighted by molar-refractivity contribution is 0.476. The Morgan fingerprint density at radius 1 is 0.500 bits per heavy atom. The number of rotatable bonds is 3. The van der Waals surface area contributed by atoms with Crippen molar-refractivity contribution in [2.24, 2.45) is 0 Å². The predicted molar refractivity (Wildman–Crippen MR) is 128 cm³/mol. The van der Waals surface area contributed by atoms with E-state index in [9.17, 15) is 0 Å². The summed E-state index contributed by atoms with van der Waals surface area (Å²) in [6, 6.07) is 38.4. The molecule has 0 fully saturated rings. The SMILES string of the molecule is c1ccc(-c2cc(-c3ccccc3)nc(N3c4ccccc4Oc4ccccc43)n2)cc1. The maximum Gasteiger partial charge on any atom is 0.236 e. The molecule has 1 aromatic heterocycles. The molecule has 32 heavy (non-hydrogen) atoms. The van der Waals surface area contributed by atoms with Gasteiger partial charge in [0.2, 0.25) is 5.95 Å². The van der Waals surface area contributed by atoms with E-state index in [-0.39, 0.29) is 0 Å². The van der Waals surface area contributed by atoms with Crippen LogP contribution in [0.3, 0.4) is 0 Å². The van der Waals surface area contributed by atoms with Gasteiger partial charge >= 0.3 is 0 Å². The van der Waals surface area contributed by atoms with Crippen LogP contribution in [0.5, 0.6) is 11.5 Å². The van der Waals surface area contributed by atoms with Gasteiger partial charge < -0.3 is 4.74 Å². The molecule has 0 bridgehead atoms. The van der Waals surface area contributed by atoms with E-state index in [1.807, 2.05) is 91.0 Å². The quantitative estimate of drug-likeness (QED) is 0.303. The highest BCUT2D eigenvalue weighted by Gasteiger charge is 2.27. The minimum atomic E-state index is 0.605. The van der Waals surface area contributed by atoms with Crippen molar-refractivity contribution in [1.29, 1.82) is 0 Å². The van der Waals surface area contributed by atoms with Crippen LogP contribution in [0.4, 0.5) is 17.3 Å². The second-order valence-corrected chi connectivity index (χ2v) is 7.54. The molecule has 4 nitrogen and oxygen atoms in total. The number of benzene rings is 4. The molecule has 0 saturated heterocycles. The Morgan fingerprint density at radius 3 is 1.44 bits per heavy atom. The van der Waals surface area contributed by atoms with Gasteiger partial charge in [-0.1, -0.05) is 84.9 Å². The van der Waals surface area contributed by atoms with E-state index in [0.717, 1.165) is 45.4 Å². The van der Waals surface area contributed by atoms with Gasteiger partial charge in [-0.2, -0.15) is 0 Å². The summed E-state index contributed by atoms with van der Waals surface area (Å²) in [7, 11) is 0. The normalized spacial score (nSPS) is 11.9. The number of nitrogens with zero attached hydrogens (tertiary/aromatic N) is 3. The summed E-state index contributed by atoms with van der Waals surface area (Å²) in [4.78, 5) is 12.1. The number of fused-ring (bicyclic) bond motifs is 2. The summed E-state index contributed by atoms with van der Waals surface area (Å²) in [5.41, 5.74) is 5.66. The number of hydrogen-bond donors (Lipinski definition) is 0. The predicted octanol–water partition coefficient (Wildman–Crippen LogP) is 7.39. The molecular weight excluding hydrogens is 394 g/mol. The lowest BCUT2D eigenvalue weighted by atomic mass is 10.1. The third-order valence-corrected chi connectivity index (χ3v) is 5.49. The van der Waals surface area contributed by atoms with Crippen LogP contribution in [-0.4, -0.2) is 9.97 Å². The Labute approximate surface area is 186 Å². The Bertz CT molecular complexity index is 1300. The first kappa shape index (κ1) is 18.3. The first-order valence-electron chi connectivity index (χ1n) is 10.5. The van der Waals surface area contributed by atoms with E-state index >= 15 is 0 Å². The summed E-state index contributed by atoms with van der Waals surface area (Å²) < 4.78 is 6.16. The van der Waals surface area contributed by atoms with Crippen molar-refractivity contribution < 1.29 is 4.74 Å². The summed E-state index contributed by atoms with van der Waals surface area (Å²) in [5, 5.41) is 0. The fourth-order valence-electron chi connectivity index (χ4n) is 3.97. The molecule has 6 rings (SSSR count). The maximum atomic E-state index is 6.16. The molecule has 152 valence electrons. The zero-order valence-electron chi connectivity index (χ0n) is 17.2. The first-order valence-corrected chi connectivity index (χ1v) is 10.5. The van der Waals surface area contributed by atoms with Gasteiger partial charge in [0, 0.05) is 11.1 Å². The van der Waals surface area contributed by atoms with Gasteiger partial charge in [-0.3, -0.25) is 4.90 Å². The maximum absolute atomic E-state index is 6.16. The second kappa shape index (κ2) is 7.67. The van der Waals surface area contributed by atoms with Crippen LogP contribution < -0.4 is 9.64 Å². The highest BCUT2D eigenvalue weighted by molar-refractivity contribution is 5.85. The summed E-state index contributed by atoms with van der Waals surface area (Å²) in [5.74, 6) is 2.16. The molecule has 4 aromatic carbocycles. The second-order valence-electron chi connectivity index (χ2n) is 7.54. The molecule has 0 spiro atoms. The standard InChI is InChI=1S/C28H19N3O/c1-3-11-20(12-4-1)22-19-23(21-13-5-2-6-14-21)30-28(29-22)31-24-15-7-9-17-26(24)32-27-18-10-8-16-25(27)31/h1-19H. The van der Waals surface area contributed by atoms with Crippen molar-refractivity contribution in [2.75, 3.05) is 4.90 Å². The first-order chi connectivity index (χ1) is 15.9. The molecule has 1 aliphatic rings. The molecule has 1 aliphatic heterocycles. The van der Waals surface area contributed by atoms with E-state index in [0.29, 0.717) is 5.95 Å². The number of hydrogen-bond acceptors (Lipinski definition) is 4. The Morgan fingerprint density at radius 2 is 0.938 bits per heavy atom. The van der Waals surface area contributed by atoms with Crippen LogP contribution in [0.2, 0.25) is 0 Å². The largest absolute Gasteiger partial charge is 0.453 e. The monoisotopic (exact) mass is 413 g/mol. The molecule has 4 heteroatoms.